The monoisotopic (exact) mass is 425 g/mol. The molecule has 2 aromatic heterocycles. The van der Waals surface area contributed by atoms with E-state index >= 15 is 0 Å². The largest absolute Gasteiger partial charge is 0.481 e. The van der Waals surface area contributed by atoms with Crippen molar-refractivity contribution in [3.8, 4) is 11.8 Å². The minimum Gasteiger partial charge on any atom is -0.481 e. The third-order valence-electron chi connectivity index (χ3n) is 5.13. The van der Waals surface area contributed by atoms with E-state index < -0.39 is 0 Å². The van der Waals surface area contributed by atoms with Crippen molar-refractivity contribution in [3.05, 3.63) is 46.9 Å². The van der Waals surface area contributed by atoms with Crippen LogP contribution in [0.25, 0.3) is 10.9 Å². The Morgan fingerprint density at radius 2 is 1.50 bits per heavy atom. The number of hydrogen-bond donors (Lipinski definition) is 0. The quantitative estimate of drug-likeness (QED) is 0.388. The van der Waals surface area contributed by atoms with Crippen LogP contribution in [0.2, 0.25) is 0 Å². The van der Waals surface area contributed by atoms with Gasteiger partial charge in [0, 0.05) is 6.07 Å². The van der Waals surface area contributed by atoms with Crippen LogP contribution in [0.5, 0.6) is 11.8 Å². The molecule has 0 aliphatic carbocycles. The zero-order valence-corrected chi connectivity index (χ0v) is 19.9. The SMILES string of the molecule is COc1cc2c(OSc3c(C(C)C)cc(C(C)C)cc3C(C)C)nc(C)nc2cn1. The summed E-state index contributed by atoms with van der Waals surface area (Å²) in [6.45, 7) is 15.3. The maximum atomic E-state index is 6.25. The van der Waals surface area contributed by atoms with Crippen molar-refractivity contribution in [3.63, 3.8) is 0 Å². The number of rotatable bonds is 7. The van der Waals surface area contributed by atoms with Gasteiger partial charge in [0.15, 0.2) is 0 Å². The summed E-state index contributed by atoms with van der Waals surface area (Å²) in [5.41, 5.74) is 4.72. The Morgan fingerprint density at radius 3 is 2.03 bits per heavy atom. The first kappa shape index (κ1) is 22.3. The lowest BCUT2D eigenvalue weighted by atomic mass is 9.89. The molecule has 160 valence electrons. The number of fused-ring (bicyclic) bond motifs is 1. The summed E-state index contributed by atoms with van der Waals surface area (Å²) in [5.74, 6) is 2.94. The Labute approximate surface area is 183 Å². The van der Waals surface area contributed by atoms with Crippen LogP contribution >= 0.6 is 12.0 Å². The molecular formula is C24H31N3O2S. The summed E-state index contributed by atoms with van der Waals surface area (Å²) in [7, 11) is 1.60. The standard InChI is InChI=1S/C24H31N3O2S/c1-13(2)17-9-18(14(3)4)23(19(10-17)15(5)6)30-29-24-20-11-22(28-8)25-12-21(20)26-16(7)27-24/h9-15H,1-8H3. The zero-order chi connectivity index (χ0) is 22.0. The number of ether oxygens (including phenoxy) is 1. The van der Waals surface area contributed by atoms with Gasteiger partial charge < -0.3 is 8.92 Å². The predicted molar refractivity (Wildman–Crippen MR) is 124 cm³/mol. The molecule has 0 fully saturated rings. The highest BCUT2D eigenvalue weighted by Gasteiger charge is 2.20. The van der Waals surface area contributed by atoms with Crippen molar-refractivity contribution < 1.29 is 8.92 Å². The van der Waals surface area contributed by atoms with E-state index in [4.69, 9.17) is 8.92 Å². The van der Waals surface area contributed by atoms with Crippen LogP contribution in [-0.4, -0.2) is 22.1 Å². The average molecular weight is 426 g/mol. The smallest absolute Gasteiger partial charge is 0.239 e. The minimum absolute atomic E-state index is 0.389. The number of hydrogen-bond acceptors (Lipinski definition) is 6. The summed E-state index contributed by atoms with van der Waals surface area (Å²) in [6.07, 6.45) is 1.69. The van der Waals surface area contributed by atoms with Gasteiger partial charge in [-0.3, -0.25) is 0 Å². The van der Waals surface area contributed by atoms with Crippen LogP contribution in [0.1, 0.15) is 81.8 Å². The molecule has 3 rings (SSSR count). The van der Waals surface area contributed by atoms with Crippen molar-refractivity contribution in [1.82, 2.24) is 15.0 Å². The van der Waals surface area contributed by atoms with E-state index in [1.807, 2.05) is 13.0 Å². The highest BCUT2D eigenvalue weighted by Crippen LogP contribution is 2.40. The fraction of sp³-hybridized carbons (Fsp3) is 0.458. The number of methoxy groups -OCH3 is 1. The molecule has 0 aliphatic heterocycles. The second-order valence-electron chi connectivity index (χ2n) is 8.48. The normalized spacial score (nSPS) is 11.7. The first-order valence-electron chi connectivity index (χ1n) is 10.4. The average Bonchev–Trinajstić information content (AvgIpc) is 2.70. The highest BCUT2D eigenvalue weighted by molar-refractivity contribution is 7.95. The molecular weight excluding hydrogens is 394 g/mol. The lowest BCUT2D eigenvalue weighted by molar-refractivity contribution is 0.398. The lowest BCUT2D eigenvalue weighted by Crippen LogP contribution is -2.04. The molecule has 0 unspecified atom stereocenters. The summed E-state index contributed by atoms with van der Waals surface area (Å²) in [4.78, 5) is 14.4. The van der Waals surface area contributed by atoms with Gasteiger partial charge in [0.1, 0.15) is 5.82 Å². The van der Waals surface area contributed by atoms with Crippen molar-refractivity contribution in [2.75, 3.05) is 7.11 Å². The van der Waals surface area contributed by atoms with Gasteiger partial charge in [0.05, 0.1) is 41.1 Å². The summed E-state index contributed by atoms with van der Waals surface area (Å²) >= 11 is 1.39. The van der Waals surface area contributed by atoms with Gasteiger partial charge in [-0.2, -0.15) is 4.98 Å². The lowest BCUT2D eigenvalue weighted by Gasteiger charge is -2.22. The van der Waals surface area contributed by atoms with Crippen molar-refractivity contribution in [2.24, 2.45) is 0 Å². The van der Waals surface area contributed by atoms with E-state index in [0.717, 1.165) is 10.9 Å². The summed E-state index contributed by atoms with van der Waals surface area (Å²) in [6, 6.07) is 6.46. The molecule has 0 spiro atoms. The molecule has 2 heterocycles. The topological polar surface area (TPSA) is 57.1 Å². The molecule has 0 atom stereocenters. The summed E-state index contributed by atoms with van der Waals surface area (Å²) < 4.78 is 11.5. The van der Waals surface area contributed by atoms with E-state index in [9.17, 15) is 0 Å². The van der Waals surface area contributed by atoms with Gasteiger partial charge in [0.2, 0.25) is 11.8 Å². The molecule has 0 saturated heterocycles. The van der Waals surface area contributed by atoms with Crippen molar-refractivity contribution >= 4 is 22.9 Å². The Bertz CT molecular complexity index is 1020. The third-order valence-corrected chi connectivity index (χ3v) is 6.01. The molecule has 0 saturated carbocycles. The molecule has 3 aromatic rings. The summed E-state index contributed by atoms with van der Waals surface area (Å²) in [5, 5.41) is 0.788. The van der Waals surface area contributed by atoms with E-state index in [0.29, 0.717) is 35.3 Å². The Morgan fingerprint density at radius 1 is 0.867 bits per heavy atom. The number of aryl methyl sites for hydroxylation is 1. The molecule has 0 bridgehead atoms. The molecule has 1 aromatic carbocycles. The van der Waals surface area contributed by atoms with Gasteiger partial charge in [-0.05, 0) is 41.4 Å². The van der Waals surface area contributed by atoms with Crippen LogP contribution in [-0.2, 0) is 0 Å². The number of pyridine rings is 1. The molecule has 0 N–H and O–H groups in total. The van der Waals surface area contributed by atoms with Crippen LogP contribution in [0.4, 0.5) is 0 Å². The second kappa shape index (κ2) is 9.21. The Hall–Kier alpha value is -2.34. The van der Waals surface area contributed by atoms with E-state index in [1.165, 1.54) is 33.6 Å². The molecule has 6 heteroatoms. The Balaban J connectivity index is 2.07. The predicted octanol–water partition coefficient (Wildman–Crippen LogP) is 6.80. The molecule has 0 aliphatic rings. The van der Waals surface area contributed by atoms with Crippen LogP contribution in [0.15, 0.2) is 29.3 Å². The van der Waals surface area contributed by atoms with Gasteiger partial charge in [0.25, 0.3) is 0 Å². The second-order valence-corrected chi connectivity index (χ2v) is 9.22. The van der Waals surface area contributed by atoms with Crippen LogP contribution in [0.3, 0.4) is 0 Å². The van der Waals surface area contributed by atoms with Crippen LogP contribution in [0, 0.1) is 6.92 Å². The molecule has 0 amide bonds. The maximum Gasteiger partial charge on any atom is 0.239 e. The Kier molecular flexibility index (Phi) is 6.86. The van der Waals surface area contributed by atoms with E-state index in [1.54, 1.807) is 13.3 Å². The van der Waals surface area contributed by atoms with Gasteiger partial charge in [-0.15, -0.1) is 0 Å². The first-order valence-corrected chi connectivity index (χ1v) is 11.2. The first-order chi connectivity index (χ1) is 14.2. The fourth-order valence-corrected chi connectivity index (χ4v) is 4.41. The third kappa shape index (κ3) is 4.69. The number of benzene rings is 1. The highest BCUT2D eigenvalue weighted by atomic mass is 32.2. The number of nitrogens with zero attached hydrogens (tertiary/aromatic N) is 3. The van der Waals surface area contributed by atoms with Gasteiger partial charge in [-0.1, -0.05) is 53.7 Å². The van der Waals surface area contributed by atoms with Gasteiger partial charge >= 0.3 is 0 Å². The van der Waals surface area contributed by atoms with E-state index in [2.05, 4.69) is 68.6 Å². The zero-order valence-electron chi connectivity index (χ0n) is 19.1. The van der Waals surface area contributed by atoms with E-state index in [-0.39, 0.29) is 0 Å². The van der Waals surface area contributed by atoms with Crippen molar-refractivity contribution in [1.29, 1.82) is 0 Å². The van der Waals surface area contributed by atoms with Crippen molar-refractivity contribution in [2.45, 2.75) is 71.1 Å². The number of aromatic nitrogens is 3. The fourth-order valence-electron chi connectivity index (χ4n) is 3.34. The molecule has 5 nitrogen and oxygen atoms in total. The maximum absolute atomic E-state index is 6.25. The van der Waals surface area contributed by atoms with Gasteiger partial charge in [-0.25, -0.2) is 9.97 Å². The minimum atomic E-state index is 0.389. The molecule has 0 radical (unpaired) electrons. The van der Waals surface area contributed by atoms with Crippen LogP contribution < -0.4 is 8.92 Å². The molecule has 30 heavy (non-hydrogen) atoms.